The Labute approximate surface area is 120 Å². The zero-order valence-corrected chi connectivity index (χ0v) is 11.9. The largest absolute Gasteiger partial charge is 0.325 e. The highest BCUT2D eigenvalue weighted by molar-refractivity contribution is 7.13. The van der Waals surface area contributed by atoms with Crippen molar-refractivity contribution in [1.29, 1.82) is 0 Å². The summed E-state index contributed by atoms with van der Waals surface area (Å²) in [6.07, 6.45) is 1.63. The maximum atomic E-state index is 12.2. The molecule has 20 heavy (non-hydrogen) atoms. The van der Waals surface area contributed by atoms with Crippen LogP contribution in [0.2, 0.25) is 0 Å². The molecular formula is C14H13N3O2S. The third-order valence-electron chi connectivity index (χ3n) is 3.42. The minimum Gasteiger partial charge on any atom is -0.325 e. The Morgan fingerprint density at radius 2 is 2.20 bits per heavy atom. The number of anilines is 2. The summed E-state index contributed by atoms with van der Waals surface area (Å²) in [5.74, 6) is -0.275. The van der Waals surface area contributed by atoms with E-state index in [1.807, 2.05) is 13.8 Å². The quantitative estimate of drug-likeness (QED) is 0.892. The van der Waals surface area contributed by atoms with Crippen LogP contribution in [0, 0.1) is 0 Å². The number of fused-ring (bicyclic) bond motifs is 1. The second kappa shape index (κ2) is 4.42. The van der Waals surface area contributed by atoms with Crippen LogP contribution in [0.3, 0.4) is 0 Å². The molecule has 6 heteroatoms. The van der Waals surface area contributed by atoms with E-state index >= 15 is 0 Å². The SMILES string of the molecule is CC1(C)C(=O)Nc2ccc(C(=O)Nc3nccs3)cc21. The molecule has 0 saturated carbocycles. The summed E-state index contributed by atoms with van der Waals surface area (Å²) in [5.41, 5.74) is 1.51. The zero-order valence-electron chi connectivity index (χ0n) is 11.1. The van der Waals surface area contributed by atoms with Crippen molar-refractivity contribution in [2.45, 2.75) is 19.3 Å². The summed E-state index contributed by atoms with van der Waals surface area (Å²) < 4.78 is 0. The first-order chi connectivity index (χ1) is 9.48. The van der Waals surface area contributed by atoms with Crippen LogP contribution in [0.1, 0.15) is 29.8 Å². The number of rotatable bonds is 2. The van der Waals surface area contributed by atoms with Gasteiger partial charge in [0.05, 0.1) is 5.41 Å². The van der Waals surface area contributed by atoms with Gasteiger partial charge in [-0.25, -0.2) is 4.98 Å². The van der Waals surface area contributed by atoms with E-state index in [0.717, 1.165) is 11.3 Å². The molecule has 2 aromatic rings. The highest BCUT2D eigenvalue weighted by Crippen LogP contribution is 2.37. The number of hydrogen-bond acceptors (Lipinski definition) is 4. The monoisotopic (exact) mass is 287 g/mol. The van der Waals surface area contributed by atoms with E-state index in [1.165, 1.54) is 11.3 Å². The van der Waals surface area contributed by atoms with Crippen molar-refractivity contribution in [3.8, 4) is 0 Å². The summed E-state index contributed by atoms with van der Waals surface area (Å²) in [7, 11) is 0. The van der Waals surface area contributed by atoms with Crippen LogP contribution in [0.4, 0.5) is 10.8 Å². The number of benzene rings is 1. The fourth-order valence-electron chi connectivity index (χ4n) is 2.17. The Bertz CT molecular complexity index is 692. The van der Waals surface area contributed by atoms with Gasteiger partial charge in [-0.2, -0.15) is 0 Å². The molecule has 0 unspecified atom stereocenters. The highest BCUT2D eigenvalue weighted by atomic mass is 32.1. The smallest absolute Gasteiger partial charge is 0.257 e. The number of carbonyl (C=O) groups is 2. The van der Waals surface area contributed by atoms with Crippen molar-refractivity contribution < 1.29 is 9.59 Å². The number of aromatic nitrogens is 1. The predicted octanol–water partition coefficient (Wildman–Crippen LogP) is 2.63. The third-order valence-corrected chi connectivity index (χ3v) is 4.11. The van der Waals surface area contributed by atoms with Crippen molar-refractivity contribution in [2.75, 3.05) is 10.6 Å². The third kappa shape index (κ3) is 1.98. The predicted molar refractivity (Wildman–Crippen MR) is 78.2 cm³/mol. The Morgan fingerprint density at radius 3 is 2.90 bits per heavy atom. The molecule has 102 valence electrons. The topological polar surface area (TPSA) is 71.1 Å². The molecule has 0 spiro atoms. The molecule has 2 amide bonds. The maximum Gasteiger partial charge on any atom is 0.257 e. The molecule has 2 heterocycles. The van der Waals surface area contributed by atoms with Gasteiger partial charge in [-0.3, -0.25) is 14.9 Å². The van der Waals surface area contributed by atoms with Crippen LogP contribution in [0.25, 0.3) is 0 Å². The van der Waals surface area contributed by atoms with E-state index in [1.54, 1.807) is 29.8 Å². The van der Waals surface area contributed by atoms with Crippen LogP contribution in [-0.4, -0.2) is 16.8 Å². The Kier molecular flexibility index (Phi) is 2.83. The van der Waals surface area contributed by atoms with Gasteiger partial charge in [0.25, 0.3) is 5.91 Å². The second-order valence-electron chi connectivity index (χ2n) is 5.13. The molecule has 0 aliphatic carbocycles. The summed E-state index contributed by atoms with van der Waals surface area (Å²) in [6, 6.07) is 5.22. The lowest BCUT2D eigenvalue weighted by Gasteiger charge is -2.15. The van der Waals surface area contributed by atoms with E-state index in [2.05, 4.69) is 15.6 Å². The van der Waals surface area contributed by atoms with Gasteiger partial charge in [0, 0.05) is 22.8 Å². The van der Waals surface area contributed by atoms with Gasteiger partial charge in [-0.05, 0) is 37.6 Å². The van der Waals surface area contributed by atoms with Gasteiger partial charge in [0.15, 0.2) is 5.13 Å². The summed E-state index contributed by atoms with van der Waals surface area (Å²) >= 11 is 1.36. The number of carbonyl (C=O) groups excluding carboxylic acids is 2. The number of thiazole rings is 1. The van der Waals surface area contributed by atoms with Gasteiger partial charge < -0.3 is 5.32 Å². The molecule has 3 rings (SSSR count). The average Bonchev–Trinajstić information content (AvgIpc) is 2.98. The zero-order chi connectivity index (χ0) is 14.3. The molecule has 0 atom stereocenters. The van der Waals surface area contributed by atoms with Crippen molar-refractivity contribution >= 4 is 34.0 Å². The summed E-state index contributed by atoms with van der Waals surface area (Å²) in [4.78, 5) is 28.0. The molecule has 0 fully saturated rings. The van der Waals surface area contributed by atoms with E-state index in [4.69, 9.17) is 0 Å². The van der Waals surface area contributed by atoms with E-state index < -0.39 is 5.41 Å². The van der Waals surface area contributed by atoms with Gasteiger partial charge in [-0.1, -0.05) is 0 Å². The molecule has 0 saturated heterocycles. The number of hydrogen-bond donors (Lipinski definition) is 2. The van der Waals surface area contributed by atoms with E-state index in [-0.39, 0.29) is 11.8 Å². The first kappa shape index (κ1) is 12.8. The summed E-state index contributed by atoms with van der Waals surface area (Å²) in [6.45, 7) is 3.69. The standard InChI is InChI=1S/C14H13N3O2S/c1-14(2)9-7-8(3-4-10(9)16-12(14)19)11(18)17-13-15-5-6-20-13/h3-7H,1-2H3,(H,16,19)(H,15,17,18). The molecular weight excluding hydrogens is 274 g/mol. The molecule has 2 N–H and O–H groups in total. The lowest BCUT2D eigenvalue weighted by Crippen LogP contribution is -2.27. The van der Waals surface area contributed by atoms with Crippen LogP contribution < -0.4 is 10.6 Å². The van der Waals surface area contributed by atoms with Crippen LogP contribution >= 0.6 is 11.3 Å². The average molecular weight is 287 g/mol. The van der Waals surface area contributed by atoms with E-state index in [0.29, 0.717) is 10.7 Å². The second-order valence-corrected chi connectivity index (χ2v) is 6.03. The Morgan fingerprint density at radius 1 is 1.40 bits per heavy atom. The van der Waals surface area contributed by atoms with Crippen molar-refractivity contribution in [2.24, 2.45) is 0 Å². The number of amides is 2. The lowest BCUT2D eigenvalue weighted by atomic mass is 9.85. The Balaban J connectivity index is 1.92. The van der Waals surface area contributed by atoms with Crippen LogP contribution in [-0.2, 0) is 10.2 Å². The maximum absolute atomic E-state index is 12.2. The molecule has 1 aromatic carbocycles. The molecule has 1 aliphatic rings. The fourth-order valence-corrected chi connectivity index (χ4v) is 2.69. The van der Waals surface area contributed by atoms with Crippen LogP contribution in [0.15, 0.2) is 29.8 Å². The number of nitrogens with one attached hydrogen (secondary N) is 2. The highest BCUT2D eigenvalue weighted by Gasteiger charge is 2.38. The van der Waals surface area contributed by atoms with Gasteiger partial charge in [0.1, 0.15) is 0 Å². The van der Waals surface area contributed by atoms with Crippen molar-refractivity contribution in [3.63, 3.8) is 0 Å². The Hall–Kier alpha value is -2.21. The normalized spacial score (nSPS) is 15.6. The van der Waals surface area contributed by atoms with Gasteiger partial charge in [-0.15, -0.1) is 11.3 Å². The molecule has 5 nitrogen and oxygen atoms in total. The lowest BCUT2D eigenvalue weighted by molar-refractivity contribution is -0.119. The van der Waals surface area contributed by atoms with E-state index in [9.17, 15) is 9.59 Å². The van der Waals surface area contributed by atoms with Crippen molar-refractivity contribution in [3.05, 3.63) is 40.9 Å². The fraction of sp³-hybridized carbons (Fsp3) is 0.214. The summed E-state index contributed by atoms with van der Waals surface area (Å²) in [5, 5.41) is 7.90. The van der Waals surface area contributed by atoms with Crippen molar-refractivity contribution in [1.82, 2.24) is 4.98 Å². The number of nitrogens with zero attached hydrogens (tertiary/aromatic N) is 1. The first-order valence-electron chi connectivity index (χ1n) is 6.15. The minimum atomic E-state index is -0.618. The molecule has 1 aliphatic heterocycles. The van der Waals surface area contributed by atoms with Crippen LogP contribution in [0.5, 0.6) is 0 Å². The molecule has 0 bridgehead atoms. The van der Waals surface area contributed by atoms with Gasteiger partial charge >= 0.3 is 0 Å². The minimum absolute atomic E-state index is 0.0509. The molecule has 1 aromatic heterocycles. The first-order valence-corrected chi connectivity index (χ1v) is 7.03. The molecule has 0 radical (unpaired) electrons. The van der Waals surface area contributed by atoms with Gasteiger partial charge in [0.2, 0.25) is 5.91 Å².